The van der Waals surface area contributed by atoms with Crippen LogP contribution in [0.4, 0.5) is 0 Å². The second-order valence-electron chi connectivity index (χ2n) is 5.00. The summed E-state index contributed by atoms with van der Waals surface area (Å²) in [5, 5.41) is 8.50. The van der Waals surface area contributed by atoms with Gasteiger partial charge in [0.2, 0.25) is 5.91 Å². The van der Waals surface area contributed by atoms with E-state index in [0.717, 1.165) is 39.1 Å². The van der Waals surface area contributed by atoms with Gasteiger partial charge >= 0.3 is 0 Å². The van der Waals surface area contributed by atoms with Crippen molar-refractivity contribution in [1.29, 1.82) is 5.26 Å². The average Bonchev–Trinajstić information content (AvgIpc) is 2.93. The Labute approximate surface area is 116 Å². The monoisotopic (exact) mass is 267 g/mol. The third-order valence-corrected chi connectivity index (χ3v) is 3.56. The molecule has 5 heteroatoms. The number of rotatable bonds is 8. The smallest absolute Gasteiger partial charge is 0.223 e. The highest BCUT2D eigenvalue weighted by atomic mass is 16.5. The molecule has 0 N–H and O–H groups in total. The van der Waals surface area contributed by atoms with E-state index in [1.165, 1.54) is 0 Å². The molecule has 1 aliphatic heterocycles. The second kappa shape index (κ2) is 8.89. The first-order chi connectivity index (χ1) is 9.17. The lowest BCUT2D eigenvalue weighted by Crippen LogP contribution is -2.36. The van der Waals surface area contributed by atoms with E-state index < -0.39 is 0 Å². The zero-order valence-electron chi connectivity index (χ0n) is 12.1. The van der Waals surface area contributed by atoms with Crippen LogP contribution in [0.3, 0.4) is 0 Å². The third-order valence-electron chi connectivity index (χ3n) is 3.56. The minimum absolute atomic E-state index is 0.112. The molecule has 1 fully saturated rings. The normalized spacial score (nSPS) is 18.5. The number of carbonyl (C=O) groups excluding carboxylic acids is 1. The SMILES string of the molecule is CCN(CCC(=O)N(C)CCC#N)CC1CCCO1. The molecule has 0 saturated carbocycles. The maximum atomic E-state index is 11.9. The molecule has 0 bridgehead atoms. The van der Waals surface area contributed by atoms with Crippen molar-refractivity contribution in [3.63, 3.8) is 0 Å². The average molecular weight is 267 g/mol. The van der Waals surface area contributed by atoms with E-state index in [-0.39, 0.29) is 5.91 Å². The van der Waals surface area contributed by atoms with E-state index in [1.807, 2.05) is 0 Å². The fraction of sp³-hybridized carbons (Fsp3) is 0.857. The van der Waals surface area contributed by atoms with Crippen molar-refractivity contribution in [3.05, 3.63) is 0 Å². The van der Waals surface area contributed by atoms with Gasteiger partial charge in [-0.25, -0.2) is 0 Å². The topological polar surface area (TPSA) is 56.6 Å². The summed E-state index contributed by atoms with van der Waals surface area (Å²) in [5.41, 5.74) is 0. The number of amides is 1. The highest BCUT2D eigenvalue weighted by Crippen LogP contribution is 2.13. The molecule has 1 rings (SSSR count). The third kappa shape index (κ3) is 6.04. The molecule has 0 spiro atoms. The van der Waals surface area contributed by atoms with Crippen LogP contribution in [0.25, 0.3) is 0 Å². The van der Waals surface area contributed by atoms with Gasteiger partial charge in [-0.05, 0) is 19.4 Å². The lowest BCUT2D eigenvalue weighted by atomic mass is 10.2. The minimum atomic E-state index is 0.112. The number of hydrogen-bond acceptors (Lipinski definition) is 4. The predicted octanol–water partition coefficient (Wildman–Crippen LogP) is 1.25. The molecule has 108 valence electrons. The summed E-state index contributed by atoms with van der Waals surface area (Å²) < 4.78 is 5.62. The first-order valence-corrected chi connectivity index (χ1v) is 7.12. The van der Waals surface area contributed by atoms with Crippen LogP contribution >= 0.6 is 0 Å². The molecule has 0 aromatic heterocycles. The molecule has 1 heterocycles. The number of hydrogen-bond donors (Lipinski definition) is 0. The van der Waals surface area contributed by atoms with Gasteiger partial charge in [0.1, 0.15) is 0 Å². The summed E-state index contributed by atoms with van der Waals surface area (Å²) in [4.78, 5) is 15.8. The number of likely N-dealkylation sites (N-methyl/N-ethyl adjacent to an activating group) is 1. The van der Waals surface area contributed by atoms with Crippen LogP contribution in [-0.4, -0.2) is 61.6 Å². The molecule has 5 nitrogen and oxygen atoms in total. The molecule has 0 aromatic rings. The van der Waals surface area contributed by atoms with Crippen LogP contribution in [0.15, 0.2) is 0 Å². The van der Waals surface area contributed by atoms with Crippen LogP contribution in [-0.2, 0) is 9.53 Å². The van der Waals surface area contributed by atoms with Crippen LogP contribution < -0.4 is 0 Å². The Morgan fingerprint density at radius 3 is 2.84 bits per heavy atom. The largest absolute Gasteiger partial charge is 0.377 e. The van der Waals surface area contributed by atoms with E-state index in [9.17, 15) is 4.79 Å². The highest BCUT2D eigenvalue weighted by Gasteiger charge is 2.19. The second-order valence-corrected chi connectivity index (χ2v) is 5.00. The van der Waals surface area contributed by atoms with Gasteiger partial charge in [0.15, 0.2) is 0 Å². The van der Waals surface area contributed by atoms with Gasteiger partial charge in [-0.2, -0.15) is 5.26 Å². The van der Waals surface area contributed by atoms with Crippen LogP contribution in [0.1, 0.15) is 32.6 Å². The van der Waals surface area contributed by atoms with Crippen LogP contribution in [0.5, 0.6) is 0 Å². The maximum absolute atomic E-state index is 11.9. The molecule has 1 aliphatic rings. The van der Waals surface area contributed by atoms with E-state index in [4.69, 9.17) is 10.00 Å². The van der Waals surface area contributed by atoms with E-state index >= 15 is 0 Å². The summed E-state index contributed by atoms with van der Waals surface area (Å²) in [6.45, 7) is 6.14. The van der Waals surface area contributed by atoms with Gasteiger partial charge < -0.3 is 14.5 Å². The molecule has 0 aliphatic carbocycles. The predicted molar refractivity (Wildman–Crippen MR) is 73.6 cm³/mol. The van der Waals surface area contributed by atoms with Gasteiger partial charge in [-0.15, -0.1) is 0 Å². The molecule has 1 atom stereocenters. The summed E-state index contributed by atoms with van der Waals surface area (Å²) in [6.07, 6.45) is 3.54. The number of nitrogens with zero attached hydrogens (tertiary/aromatic N) is 3. The van der Waals surface area contributed by atoms with Gasteiger partial charge in [0.25, 0.3) is 0 Å². The van der Waals surface area contributed by atoms with Crippen molar-refractivity contribution in [2.24, 2.45) is 0 Å². The zero-order chi connectivity index (χ0) is 14.1. The summed E-state index contributed by atoms with van der Waals surface area (Å²) in [6, 6.07) is 2.06. The van der Waals surface area contributed by atoms with Crippen molar-refractivity contribution in [2.75, 3.05) is 39.8 Å². The van der Waals surface area contributed by atoms with E-state index in [2.05, 4.69) is 17.9 Å². The van der Waals surface area contributed by atoms with Crippen molar-refractivity contribution < 1.29 is 9.53 Å². The lowest BCUT2D eigenvalue weighted by molar-refractivity contribution is -0.130. The molecule has 1 amide bonds. The first kappa shape index (κ1) is 15.9. The van der Waals surface area contributed by atoms with Crippen molar-refractivity contribution in [2.45, 2.75) is 38.7 Å². The van der Waals surface area contributed by atoms with E-state index in [1.54, 1.807) is 11.9 Å². The van der Waals surface area contributed by atoms with Crippen LogP contribution in [0.2, 0.25) is 0 Å². The Bertz CT molecular complexity index is 308. The molecule has 1 unspecified atom stereocenters. The van der Waals surface area contributed by atoms with Gasteiger partial charge in [0, 0.05) is 39.7 Å². The Morgan fingerprint density at radius 1 is 1.47 bits per heavy atom. The van der Waals surface area contributed by atoms with Gasteiger partial charge in [-0.1, -0.05) is 6.92 Å². The van der Waals surface area contributed by atoms with Crippen molar-refractivity contribution in [3.8, 4) is 6.07 Å². The molecular weight excluding hydrogens is 242 g/mol. The highest BCUT2D eigenvalue weighted by molar-refractivity contribution is 5.76. The van der Waals surface area contributed by atoms with Gasteiger partial charge in [-0.3, -0.25) is 4.79 Å². The lowest BCUT2D eigenvalue weighted by Gasteiger charge is -2.24. The fourth-order valence-electron chi connectivity index (χ4n) is 2.24. The zero-order valence-corrected chi connectivity index (χ0v) is 12.1. The van der Waals surface area contributed by atoms with Crippen molar-refractivity contribution in [1.82, 2.24) is 9.80 Å². The summed E-state index contributed by atoms with van der Waals surface area (Å²) in [5.74, 6) is 0.112. The molecule has 19 heavy (non-hydrogen) atoms. The van der Waals surface area contributed by atoms with Gasteiger partial charge in [0.05, 0.1) is 18.6 Å². The summed E-state index contributed by atoms with van der Waals surface area (Å²) >= 11 is 0. The molecule has 0 radical (unpaired) electrons. The Morgan fingerprint density at radius 2 is 2.26 bits per heavy atom. The first-order valence-electron chi connectivity index (χ1n) is 7.12. The maximum Gasteiger partial charge on any atom is 0.223 e. The number of ether oxygens (including phenoxy) is 1. The molecular formula is C14H25N3O2. The standard InChI is InChI=1S/C14H25N3O2/c1-3-17(12-13-6-4-11-19-13)10-7-14(18)16(2)9-5-8-15/h13H,3-7,9-12H2,1-2H3. The minimum Gasteiger partial charge on any atom is -0.377 e. The summed E-state index contributed by atoms with van der Waals surface area (Å²) in [7, 11) is 1.76. The van der Waals surface area contributed by atoms with Crippen LogP contribution in [0, 0.1) is 11.3 Å². The number of nitriles is 1. The van der Waals surface area contributed by atoms with Crippen molar-refractivity contribution >= 4 is 5.91 Å². The van der Waals surface area contributed by atoms with E-state index in [0.29, 0.717) is 25.5 Å². The molecule has 1 saturated heterocycles. The fourth-order valence-corrected chi connectivity index (χ4v) is 2.24. The quantitative estimate of drug-likeness (QED) is 0.664. The Hall–Kier alpha value is -1.12. The molecule has 0 aromatic carbocycles. The Kier molecular flexibility index (Phi) is 7.46. The number of carbonyl (C=O) groups is 1. The Balaban J connectivity index is 2.23.